The lowest BCUT2D eigenvalue weighted by atomic mass is 10.0. The number of hydrogen-bond acceptors (Lipinski definition) is 6. The van der Waals surface area contributed by atoms with E-state index in [1.807, 2.05) is 48.5 Å². The third-order valence-corrected chi connectivity index (χ3v) is 4.59. The molecule has 0 atom stereocenters. The Kier molecular flexibility index (Phi) is 6.09. The topological polar surface area (TPSA) is 91.0 Å². The van der Waals surface area contributed by atoms with Crippen molar-refractivity contribution in [3.8, 4) is 11.5 Å². The second-order valence-corrected chi connectivity index (χ2v) is 6.90. The third-order valence-electron chi connectivity index (χ3n) is 4.59. The van der Waals surface area contributed by atoms with Crippen LogP contribution in [0.5, 0.6) is 11.5 Å². The van der Waals surface area contributed by atoms with Crippen LogP contribution >= 0.6 is 0 Å². The molecule has 0 unspecified atom stereocenters. The van der Waals surface area contributed by atoms with E-state index >= 15 is 0 Å². The number of aromatic hydroxyl groups is 2. The zero-order valence-corrected chi connectivity index (χ0v) is 16.6. The van der Waals surface area contributed by atoms with Crippen LogP contribution in [0.2, 0.25) is 0 Å². The van der Waals surface area contributed by atoms with Gasteiger partial charge in [-0.25, -0.2) is 0 Å². The van der Waals surface area contributed by atoms with E-state index in [0.29, 0.717) is 28.9 Å². The first-order valence-corrected chi connectivity index (χ1v) is 9.69. The minimum atomic E-state index is 0.159. The second-order valence-electron chi connectivity index (χ2n) is 6.90. The highest BCUT2D eigenvalue weighted by Gasteiger charge is 2.05. The molecule has 152 valence electrons. The van der Waals surface area contributed by atoms with Crippen LogP contribution in [0.25, 0.3) is 0 Å². The maximum atomic E-state index is 10.2. The first-order chi connectivity index (χ1) is 15.2. The molecule has 0 fully saturated rings. The quantitative estimate of drug-likeness (QED) is 0.440. The van der Waals surface area contributed by atoms with Crippen LogP contribution in [0.15, 0.2) is 95.4 Å². The van der Waals surface area contributed by atoms with Crippen LogP contribution < -0.4 is 0 Å². The number of benzene rings is 2. The Morgan fingerprint density at radius 3 is 1.58 bits per heavy atom. The van der Waals surface area contributed by atoms with Gasteiger partial charge in [0.1, 0.15) is 11.5 Å². The molecule has 0 saturated heterocycles. The first kappa shape index (κ1) is 20.0. The molecule has 0 bridgehead atoms. The fraction of sp³-hybridized carbons (Fsp3) is 0.0400. The van der Waals surface area contributed by atoms with Crippen molar-refractivity contribution < 1.29 is 10.2 Å². The summed E-state index contributed by atoms with van der Waals surface area (Å²) in [5.74, 6) is 0.317. The summed E-state index contributed by atoms with van der Waals surface area (Å²) in [4.78, 5) is 16.8. The number of phenols is 2. The summed E-state index contributed by atoms with van der Waals surface area (Å²) in [6.07, 6.45) is 10.6. The van der Waals surface area contributed by atoms with Crippen molar-refractivity contribution in [3.63, 3.8) is 0 Å². The molecule has 0 aliphatic carbocycles. The maximum absolute atomic E-state index is 10.2. The van der Waals surface area contributed by atoms with Gasteiger partial charge < -0.3 is 10.2 Å². The van der Waals surface area contributed by atoms with Gasteiger partial charge >= 0.3 is 0 Å². The van der Waals surface area contributed by atoms with Crippen molar-refractivity contribution in [3.05, 3.63) is 108 Å². The van der Waals surface area contributed by atoms with E-state index in [4.69, 9.17) is 0 Å². The molecule has 2 aromatic heterocycles. The van der Waals surface area contributed by atoms with E-state index < -0.39 is 0 Å². The van der Waals surface area contributed by atoms with Crippen LogP contribution in [-0.2, 0) is 6.42 Å². The fourth-order valence-corrected chi connectivity index (χ4v) is 3.02. The molecule has 6 heteroatoms. The monoisotopic (exact) mass is 408 g/mol. The standard InChI is InChI=1S/C25H20N4O2/c30-24-7-5-18(12-20(24)14-28-22-3-1-9-26-16-22)11-19-6-8-25(31)21(13-19)15-29-23-4-2-10-27-17-23/h1-10,12-17,30-31H,11H2. The summed E-state index contributed by atoms with van der Waals surface area (Å²) < 4.78 is 0. The molecule has 2 aromatic carbocycles. The van der Waals surface area contributed by atoms with Gasteiger partial charge in [-0.05, 0) is 66.1 Å². The van der Waals surface area contributed by atoms with Gasteiger partial charge in [-0.1, -0.05) is 12.1 Å². The summed E-state index contributed by atoms with van der Waals surface area (Å²) in [6.45, 7) is 0. The highest BCUT2D eigenvalue weighted by Crippen LogP contribution is 2.23. The SMILES string of the molecule is Oc1ccc(Cc2ccc(O)c(C=Nc3cccnc3)c2)cc1C=Nc1cccnc1. The molecule has 0 spiro atoms. The van der Waals surface area contributed by atoms with Gasteiger partial charge in [0.15, 0.2) is 0 Å². The predicted molar refractivity (Wildman–Crippen MR) is 122 cm³/mol. The molecule has 4 rings (SSSR count). The van der Waals surface area contributed by atoms with Gasteiger partial charge in [0.2, 0.25) is 0 Å². The maximum Gasteiger partial charge on any atom is 0.124 e. The molecule has 0 aliphatic heterocycles. The Bertz CT molecular complexity index is 1130. The Morgan fingerprint density at radius 2 is 1.16 bits per heavy atom. The Hall–Kier alpha value is -4.32. The van der Waals surface area contributed by atoms with E-state index in [1.54, 1.807) is 49.3 Å². The molecule has 31 heavy (non-hydrogen) atoms. The number of aliphatic imine (C=N–C) groups is 2. The van der Waals surface area contributed by atoms with Crippen LogP contribution in [0.3, 0.4) is 0 Å². The Balaban J connectivity index is 1.54. The second kappa shape index (κ2) is 9.45. The molecule has 0 aliphatic rings. The number of hydrogen-bond donors (Lipinski definition) is 2. The first-order valence-electron chi connectivity index (χ1n) is 9.69. The van der Waals surface area contributed by atoms with Crippen LogP contribution in [0.4, 0.5) is 11.4 Å². The molecule has 2 N–H and O–H groups in total. The van der Waals surface area contributed by atoms with Crippen molar-refractivity contribution in [2.75, 3.05) is 0 Å². The van der Waals surface area contributed by atoms with Crippen molar-refractivity contribution in [2.24, 2.45) is 9.98 Å². The largest absolute Gasteiger partial charge is 0.507 e. The van der Waals surface area contributed by atoms with Gasteiger partial charge in [0.05, 0.1) is 23.8 Å². The lowest BCUT2D eigenvalue weighted by Gasteiger charge is -2.07. The number of aromatic nitrogens is 2. The van der Waals surface area contributed by atoms with Crippen molar-refractivity contribution in [1.29, 1.82) is 0 Å². The van der Waals surface area contributed by atoms with E-state index in [2.05, 4.69) is 20.0 Å². The van der Waals surface area contributed by atoms with Gasteiger partial charge in [0, 0.05) is 35.9 Å². The van der Waals surface area contributed by atoms with Crippen LogP contribution in [0.1, 0.15) is 22.3 Å². The smallest absolute Gasteiger partial charge is 0.124 e. The van der Waals surface area contributed by atoms with Crippen LogP contribution in [0, 0.1) is 0 Å². The van der Waals surface area contributed by atoms with E-state index in [1.165, 1.54) is 0 Å². The molecule has 0 saturated carbocycles. The van der Waals surface area contributed by atoms with E-state index in [-0.39, 0.29) is 11.5 Å². The number of phenolic OH excluding ortho intramolecular Hbond substituents is 2. The average Bonchev–Trinajstić information content (AvgIpc) is 2.81. The van der Waals surface area contributed by atoms with Gasteiger partial charge in [0.25, 0.3) is 0 Å². The minimum Gasteiger partial charge on any atom is -0.507 e. The fourth-order valence-electron chi connectivity index (χ4n) is 3.02. The van der Waals surface area contributed by atoms with Crippen LogP contribution in [-0.4, -0.2) is 32.6 Å². The minimum absolute atomic E-state index is 0.159. The average molecular weight is 408 g/mol. The van der Waals surface area contributed by atoms with E-state index in [9.17, 15) is 10.2 Å². The third kappa shape index (κ3) is 5.39. The lowest BCUT2D eigenvalue weighted by Crippen LogP contribution is -1.93. The molecule has 6 nitrogen and oxygen atoms in total. The molecular weight excluding hydrogens is 388 g/mol. The van der Waals surface area contributed by atoms with E-state index in [0.717, 1.165) is 11.1 Å². The summed E-state index contributed by atoms with van der Waals surface area (Å²) in [5, 5.41) is 20.4. The normalized spacial score (nSPS) is 11.4. The summed E-state index contributed by atoms with van der Waals surface area (Å²) in [7, 11) is 0. The number of rotatable bonds is 6. The van der Waals surface area contributed by atoms with Gasteiger partial charge in [-0.15, -0.1) is 0 Å². The molecule has 0 radical (unpaired) electrons. The highest BCUT2D eigenvalue weighted by atomic mass is 16.3. The summed E-state index contributed by atoms with van der Waals surface area (Å²) in [5.41, 5.74) is 4.68. The zero-order valence-electron chi connectivity index (χ0n) is 16.6. The summed E-state index contributed by atoms with van der Waals surface area (Å²) >= 11 is 0. The number of nitrogens with zero attached hydrogens (tertiary/aromatic N) is 4. The Morgan fingerprint density at radius 1 is 0.677 bits per heavy atom. The molecule has 4 aromatic rings. The van der Waals surface area contributed by atoms with Gasteiger partial charge in [-0.2, -0.15) is 0 Å². The highest BCUT2D eigenvalue weighted by molar-refractivity contribution is 5.86. The Labute approximate surface area is 180 Å². The van der Waals surface area contributed by atoms with Crippen molar-refractivity contribution in [1.82, 2.24) is 9.97 Å². The summed E-state index contributed by atoms with van der Waals surface area (Å²) in [6, 6.07) is 18.1. The van der Waals surface area contributed by atoms with Crippen molar-refractivity contribution >= 4 is 23.8 Å². The van der Waals surface area contributed by atoms with Gasteiger partial charge in [-0.3, -0.25) is 20.0 Å². The molecule has 0 amide bonds. The number of pyridine rings is 2. The molecular formula is C25H20N4O2. The zero-order chi connectivity index (χ0) is 21.5. The predicted octanol–water partition coefficient (Wildman–Crippen LogP) is 4.98. The molecule has 2 heterocycles. The lowest BCUT2D eigenvalue weighted by molar-refractivity contribution is 0.474. The van der Waals surface area contributed by atoms with Crippen molar-refractivity contribution in [2.45, 2.75) is 6.42 Å².